The molecule has 0 fully saturated rings. The van der Waals surface area contributed by atoms with Crippen LogP contribution >= 0.6 is 0 Å². The molecule has 1 aromatic carbocycles. The lowest BCUT2D eigenvalue weighted by atomic mass is 10.3. The van der Waals surface area contributed by atoms with Gasteiger partial charge in [-0.3, -0.25) is 4.79 Å². The number of sulfonamides is 1. The zero-order valence-corrected chi connectivity index (χ0v) is 12.1. The molecule has 106 valence electrons. The Morgan fingerprint density at radius 1 is 1.26 bits per heavy atom. The molecular formula is C13H20N2O3S. The lowest BCUT2D eigenvalue weighted by Gasteiger charge is -2.19. The molecule has 1 amide bonds. The molecule has 19 heavy (non-hydrogen) atoms. The second-order valence-corrected chi connectivity index (χ2v) is 6.35. The van der Waals surface area contributed by atoms with Crippen molar-refractivity contribution in [3.63, 3.8) is 0 Å². The highest BCUT2D eigenvalue weighted by Crippen LogP contribution is 2.06. The first-order chi connectivity index (χ1) is 8.93. The monoisotopic (exact) mass is 284 g/mol. The molecule has 0 bridgehead atoms. The number of anilines is 1. The first-order valence-electron chi connectivity index (χ1n) is 6.23. The molecule has 5 nitrogen and oxygen atoms in total. The van der Waals surface area contributed by atoms with Gasteiger partial charge in [-0.25, -0.2) is 8.42 Å². The number of carbonyl (C=O) groups excluding carboxylic acids is 1. The van der Waals surface area contributed by atoms with Crippen molar-refractivity contribution in [3.05, 3.63) is 30.3 Å². The van der Waals surface area contributed by atoms with Gasteiger partial charge in [-0.15, -0.1) is 0 Å². The van der Waals surface area contributed by atoms with Gasteiger partial charge >= 0.3 is 0 Å². The van der Waals surface area contributed by atoms with E-state index in [0.29, 0.717) is 12.2 Å². The largest absolute Gasteiger partial charge is 0.325 e. The van der Waals surface area contributed by atoms with Gasteiger partial charge in [-0.05, 0) is 18.6 Å². The van der Waals surface area contributed by atoms with Crippen molar-refractivity contribution >= 4 is 21.6 Å². The number of hydrogen-bond acceptors (Lipinski definition) is 3. The summed E-state index contributed by atoms with van der Waals surface area (Å²) in [6, 6.07) is 8.98. The number of para-hydroxylation sites is 1. The molecule has 0 aliphatic carbocycles. The van der Waals surface area contributed by atoms with Crippen molar-refractivity contribution in [2.24, 2.45) is 0 Å². The van der Waals surface area contributed by atoms with Crippen LogP contribution in [0, 0.1) is 0 Å². The Bertz CT molecular complexity index is 500. The summed E-state index contributed by atoms with van der Waals surface area (Å²) in [5.41, 5.74) is 0.663. The normalized spacial score (nSPS) is 11.5. The van der Waals surface area contributed by atoms with Crippen LogP contribution in [0.4, 0.5) is 5.69 Å². The molecule has 0 heterocycles. The quantitative estimate of drug-likeness (QED) is 0.828. The molecule has 0 spiro atoms. The summed E-state index contributed by atoms with van der Waals surface area (Å²) >= 11 is 0. The van der Waals surface area contributed by atoms with Crippen LogP contribution in [0.15, 0.2) is 30.3 Å². The van der Waals surface area contributed by atoms with Crippen molar-refractivity contribution in [2.45, 2.75) is 19.8 Å². The molecule has 0 saturated carbocycles. The molecule has 1 aromatic rings. The standard InChI is InChI=1S/C13H20N2O3S/c1-3-4-10-15(19(2,17)18)11-13(16)14-12-8-6-5-7-9-12/h5-9H,3-4,10-11H2,1-2H3,(H,14,16). The first-order valence-corrected chi connectivity index (χ1v) is 8.08. The fourth-order valence-electron chi connectivity index (χ4n) is 1.58. The predicted octanol–water partition coefficient (Wildman–Crippen LogP) is 1.69. The molecule has 0 radical (unpaired) electrons. The van der Waals surface area contributed by atoms with Crippen molar-refractivity contribution in [1.29, 1.82) is 0 Å². The lowest BCUT2D eigenvalue weighted by Crippen LogP contribution is -2.37. The maximum atomic E-state index is 11.8. The molecule has 6 heteroatoms. The van der Waals surface area contributed by atoms with Gasteiger partial charge in [0.05, 0.1) is 12.8 Å². The summed E-state index contributed by atoms with van der Waals surface area (Å²) in [6.45, 7) is 2.20. The van der Waals surface area contributed by atoms with E-state index in [1.165, 1.54) is 4.31 Å². The van der Waals surface area contributed by atoms with Crippen LogP contribution in [0.3, 0.4) is 0 Å². The van der Waals surface area contributed by atoms with E-state index >= 15 is 0 Å². The third kappa shape index (κ3) is 5.85. The zero-order valence-electron chi connectivity index (χ0n) is 11.3. The minimum absolute atomic E-state index is 0.145. The summed E-state index contributed by atoms with van der Waals surface area (Å²) in [5, 5.41) is 2.68. The fourth-order valence-corrected chi connectivity index (χ4v) is 2.39. The molecule has 0 aliphatic heterocycles. The first kappa shape index (κ1) is 15.7. The Morgan fingerprint density at radius 3 is 2.42 bits per heavy atom. The maximum Gasteiger partial charge on any atom is 0.239 e. The van der Waals surface area contributed by atoms with Crippen LogP contribution in [0.5, 0.6) is 0 Å². The van der Waals surface area contributed by atoms with Crippen molar-refractivity contribution in [1.82, 2.24) is 4.31 Å². The van der Waals surface area contributed by atoms with Gasteiger partial charge in [0.1, 0.15) is 0 Å². The number of nitrogens with zero attached hydrogens (tertiary/aromatic N) is 1. The molecule has 1 rings (SSSR count). The highest BCUT2D eigenvalue weighted by atomic mass is 32.2. The molecule has 0 unspecified atom stereocenters. The summed E-state index contributed by atoms with van der Waals surface area (Å²) in [6.07, 6.45) is 2.75. The number of unbranched alkanes of at least 4 members (excludes halogenated alkanes) is 1. The smallest absolute Gasteiger partial charge is 0.239 e. The van der Waals surface area contributed by atoms with Gasteiger partial charge in [0.15, 0.2) is 0 Å². The Morgan fingerprint density at radius 2 is 1.89 bits per heavy atom. The lowest BCUT2D eigenvalue weighted by molar-refractivity contribution is -0.116. The SMILES string of the molecule is CCCCN(CC(=O)Nc1ccccc1)S(C)(=O)=O. The van der Waals surface area contributed by atoms with E-state index in [4.69, 9.17) is 0 Å². The number of amides is 1. The Hall–Kier alpha value is -1.40. The number of benzene rings is 1. The van der Waals surface area contributed by atoms with E-state index in [1.807, 2.05) is 13.0 Å². The van der Waals surface area contributed by atoms with Crippen molar-refractivity contribution < 1.29 is 13.2 Å². The Kier molecular flexibility index (Phi) is 5.98. The molecule has 0 aliphatic rings. The molecular weight excluding hydrogens is 264 g/mol. The average molecular weight is 284 g/mol. The van der Waals surface area contributed by atoms with Gasteiger partial charge in [0.25, 0.3) is 0 Å². The van der Waals surface area contributed by atoms with E-state index in [0.717, 1.165) is 19.1 Å². The molecule has 0 atom stereocenters. The second kappa shape index (κ2) is 7.25. The van der Waals surface area contributed by atoms with Crippen LogP contribution in [0.2, 0.25) is 0 Å². The van der Waals surface area contributed by atoms with E-state index < -0.39 is 10.0 Å². The van der Waals surface area contributed by atoms with Crippen LogP contribution in [0.1, 0.15) is 19.8 Å². The highest BCUT2D eigenvalue weighted by Gasteiger charge is 2.19. The minimum Gasteiger partial charge on any atom is -0.325 e. The second-order valence-electron chi connectivity index (χ2n) is 4.36. The van der Waals surface area contributed by atoms with Crippen molar-refractivity contribution in [2.75, 3.05) is 24.7 Å². The van der Waals surface area contributed by atoms with Crippen LogP contribution in [0.25, 0.3) is 0 Å². The van der Waals surface area contributed by atoms with E-state index in [9.17, 15) is 13.2 Å². The van der Waals surface area contributed by atoms with Gasteiger partial charge in [-0.1, -0.05) is 31.5 Å². The van der Waals surface area contributed by atoms with Gasteiger partial charge in [0.2, 0.25) is 15.9 Å². The van der Waals surface area contributed by atoms with Crippen LogP contribution in [-0.4, -0.2) is 38.0 Å². The van der Waals surface area contributed by atoms with Crippen molar-refractivity contribution in [3.8, 4) is 0 Å². The topological polar surface area (TPSA) is 66.5 Å². The summed E-state index contributed by atoms with van der Waals surface area (Å²) in [4.78, 5) is 11.8. The van der Waals surface area contributed by atoms with Gasteiger partial charge < -0.3 is 5.32 Å². The highest BCUT2D eigenvalue weighted by molar-refractivity contribution is 7.88. The van der Waals surface area contributed by atoms with Gasteiger partial charge in [-0.2, -0.15) is 4.31 Å². The third-order valence-electron chi connectivity index (χ3n) is 2.61. The number of nitrogens with one attached hydrogen (secondary N) is 1. The average Bonchev–Trinajstić information content (AvgIpc) is 2.34. The predicted molar refractivity (Wildman–Crippen MR) is 76.4 cm³/mol. The third-order valence-corrected chi connectivity index (χ3v) is 3.86. The number of rotatable bonds is 7. The summed E-state index contributed by atoms with van der Waals surface area (Å²) in [5.74, 6) is -0.326. The van der Waals surface area contributed by atoms with Gasteiger partial charge in [0, 0.05) is 12.2 Å². The number of carbonyl (C=O) groups is 1. The molecule has 0 aromatic heterocycles. The summed E-state index contributed by atoms with van der Waals surface area (Å²) < 4.78 is 24.3. The van der Waals surface area contributed by atoms with E-state index in [1.54, 1.807) is 24.3 Å². The van der Waals surface area contributed by atoms with E-state index in [-0.39, 0.29) is 12.5 Å². The molecule has 0 saturated heterocycles. The van der Waals surface area contributed by atoms with Crippen LogP contribution < -0.4 is 5.32 Å². The van der Waals surface area contributed by atoms with Crippen LogP contribution in [-0.2, 0) is 14.8 Å². The van der Waals surface area contributed by atoms with E-state index in [2.05, 4.69) is 5.32 Å². The minimum atomic E-state index is -3.35. The molecule has 1 N–H and O–H groups in total. The Labute approximate surface area is 114 Å². The maximum absolute atomic E-state index is 11.8. The Balaban J connectivity index is 2.61. The number of hydrogen-bond donors (Lipinski definition) is 1. The zero-order chi connectivity index (χ0) is 14.3. The fraction of sp³-hybridized carbons (Fsp3) is 0.462. The summed E-state index contributed by atoms with van der Waals surface area (Å²) in [7, 11) is -3.35.